The van der Waals surface area contributed by atoms with Gasteiger partial charge in [-0.2, -0.15) is 0 Å². The number of nitrogens with one attached hydrogen (secondary N) is 1. The predicted octanol–water partition coefficient (Wildman–Crippen LogP) is -0.730. The van der Waals surface area contributed by atoms with Gasteiger partial charge in [-0.3, -0.25) is 0 Å². The number of aliphatic hydroxyl groups excluding tert-OH is 3. The molecule has 0 saturated carbocycles. The van der Waals surface area contributed by atoms with Gasteiger partial charge in [0.15, 0.2) is 12.5 Å². The van der Waals surface area contributed by atoms with Crippen molar-refractivity contribution in [3.05, 3.63) is 12.3 Å². The molecule has 4 unspecified atom stereocenters. The maximum atomic E-state index is 11.7. The van der Waals surface area contributed by atoms with Crippen LogP contribution in [0.2, 0.25) is 0 Å². The standard InChI is InChI=1S/C11H20N2O6/c1-4-5-18-11(3,19-6-7(2)14)13-9(16)8(15)12-10(13)17/h4-5,7-9,14-16H,6H2,1-3H3,(H,12,17). The van der Waals surface area contributed by atoms with E-state index in [2.05, 4.69) is 5.32 Å². The van der Waals surface area contributed by atoms with Gasteiger partial charge in [0.25, 0.3) is 5.91 Å². The highest BCUT2D eigenvalue weighted by atomic mass is 16.7. The minimum Gasteiger partial charge on any atom is -0.452 e. The van der Waals surface area contributed by atoms with Crippen molar-refractivity contribution in [3.8, 4) is 0 Å². The Labute approximate surface area is 111 Å². The van der Waals surface area contributed by atoms with Crippen molar-refractivity contribution in [2.24, 2.45) is 0 Å². The summed E-state index contributed by atoms with van der Waals surface area (Å²) in [6.07, 6.45) is -0.873. The third-order valence-corrected chi connectivity index (χ3v) is 2.49. The lowest BCUT2D eigenvalue weighted by Gasteiger charge is -2.38. The van der Waals surface area contributed by atoms with Crippen LogP contribution in [0.1, 0.15) is 20.8 Å². The molecule has 19 heavy (non-hydrogen) atoms. The lowest BCUT2D eigenvalue weighted by atomic mass is 10.4. The lowest BCUT2D eigenvalue weighted by molar-refractivity contribution is -0.298. The van der Waals surface area contributed by atoms with E-state index < -0.39 is 30.5 Å². The van der Waals surface area contributed by atoms with Gasteiger partial charge in [-0.25, -0.2) is 9.69 Å². The number of amides is 2. The van der Waals surface area contributed by atoms with Gasteiger partial charge in [-0.05, 0) is 13.8 Å². The van der Waals surface area contributed by atoms with E-state index in [-0.39, 0.29) is 6.61 Å². The van der Waals surface area contributed by atoms with Gasteiger partial charge in [-0.1, -0.05) is 6.08 Å². The van der Waals surface area contributed by atoms with Crippen molar-refractivity contribution >= 4 is 6.03 Å². The number of aliphatic hydroxyl groups is 3. The van der Waals surface area contributed by atoms with Crippen LogP contribution < -0.4 is 5.32 Å². The van der Waals surface area contributed by atoms with Crippen LogP contribution in [0.5, 0.6) is 0 Å². The zero-order valence-corrected chi connectivity index (χ0v) is 11.1. The zero-order valence-electron chi connectivity index (χ0n) is 11.1. The van der Waals surface area contributed by atoms with Crippen molar-refractivity contribution in [2.75, 3.05) is 6.61 Å². The van der Waals surface area contributed by atoms with Crippen molar-refractivity contribution < 1.29 is 29.6 Å². The molecule has 110 valence electrons. The molecule has 0 aromatic carbocycles. The van der Waals surface area contributed by atoms with Gasteiger partial charge in [0.2, 0.25) is 0 Å². The second kappa shape index (κ2) is 6.20. The van der Waals surface area contributed by atoms with Gasteiger partial charge in [0.05, 0.1) is 19.0 Å². The molecule has 1 heterocycles. The molecule has 0 aliphatic carbocycles. The summed E-state index contributed by atoms with van der Waals surface area (Å²) < 4.78 is 10.6. The molecule has 1 saturated heterocycles. The number of ether oxygens (including phenoxy) is 2. The van der Waals surface area contributed by atoms with Crippen LogP contribution in [0.25, 0.3) is 0 Å². The van der Waals surface area contributed by atoms with Crippen LogP contribution in [-0.4, -0.2) is 57.3 Å². The van der Waals surface area contributed by atoms with Crippen LogP contribution >= 0.6 is 0 Å². The number of hydrogen-bond acceptors (Lipinski definition) is 6. The molecule has 1 fully saturated rings. The summed E-state index contributed by atoms with van der Waals surface area (Å²) in [4.78, 5) is 12.5. The lowest BCUT2D eigenvalue weighted by Crippen LogP contribution is -2.55. The summed E-state index contributed by atoms with van der Waals surface area (Å²) in [5.41, 5.74) is 0. The Morgan fingerprint density at radius 3 is 2.63 bits per heavy atom. The minimum atomic E-state index is -1.65. The van der Waals surface area contributed by atoms with Crippen molar-refractivity contribution in [1.29, 1.82) is 0 Å². The first-order valence-corrected chi connectivity index (χ1v) is 5.89. The van der Waals surface area contributed by atoms with Crippen LogP contribution in [0, 0.1) is 0 Å². The van der Waals surface area contributed by atoms with Gasteiger partial charge in [-0.15, -0.1) is 0 Å². The fraction of sp³-hybridized carbons (Fsp3) is 0.727. The smallest absolute Gasteiger partial charge is 0.326 e. The average Bonchev–Trinajstić information content (AvgIpc) is 2.59. The van der Waals surface area contributed by atoms with E-state index in [1.54, 1.807) is 13.0 Å². The molecular formula is C11H20N2O6. The van der Waals surface area contributed by atoms with E-state index in [0.29, 0.717) is 0 Å². The second-order valence-corrected chi connectivity index (χ2v) is 4.32. The van der Waals surface area contributed by atoms with Gasteiger partial charge >= 0.3 is 6.03 Å². The van der Waals surface area contributed by atoms with Crippen LogP contribution in [0.4, 0.5) is 4.79 Å². The van der Waals surface area contributed by atoms with Gasteiger partial charge in [0, 0.05) is 6.92 Å². The second-order valence-electron chi connectivity index (χ2n) is 4.32. The first-order chi connectivity index (χ1) is 8.81. The monoisotopic (exact) mass is 276 g/mol. The van der Waals surface area contributed by atoms with Crippen LogP contribution in [0.3, 0.4) is 0 Å². The van der Waals surface area contributed by atoms with E-state index >= 15 is 0 Å². The summed E-state index contributed by atoms with van der Waals surface area (Å²) in [5.74, 6) is -1.65. The Morgan fingerprint density at radius 1 is 1.58 bits per heavy atom. The number of carbonyl (C=O) groups excluding carboxylic acids is 1. The summed E-state index contributed by atoms with van der Waals surface area (Å²) in [6.45, 7) is 4.49. The van der Waals surface area contributed by atoms with E-state index in [0.717, 1.165) is 4.90 Å². The SMILES string of the molecule is CC=COC(C)(OCC(C)O)N1C(=O)NC(O)C1O. The van der Waals surface area contributed by atoms with Crippen LogP contribution in [0.15, 0.2) is 12.3 Å². The van der Waals surface area contributed by atoms with Gasteiger partial charge in [0.1, 0.15) is 0 Å². The fourth-order valence-corrected chi connectivity index (χ4v) is 1.59. The summed E-state index contributed by atoms with van der Waals surface area (Å²) in [6, 6.07) is -0.738. The van der Waals surface area contributed by atoms with E-state index in [4.69, 9.17) is 9.47 Å². The fourth-order valence-electron chi connectivity index (χ4n) is 1.59. The number of nitrogens with zero attached hydrogens (tertiary/aromatic N) is 1. The largest absolute Gasteiger partial charge is 0.452 e. The Morgan fingerprint density at radius 2 is 2.21 bits per heavy atom. The first-order valence-electron chi connectivity index (χ1n) is 5.89. The Bertz CT molecular complexity index is 348. The molecule has 0 radical (unpaired) electrons. The molecular weight excluding hydrogens is 256 g/mol. The maximum absolute atomic E-state index is 11.7. The molecule has 4 atom stereocenters. The third-order valence-electron chi connectivity index (χ3n) is 2.49. The minimum absolute atomic E-state index is 0.110. The molecule has 8 nitrogen and oxygen atoms in total. The third kappa shape index (κ3) is 3.57. The number of rotatable bonds is 6. The number of allylic oxidation sites excluding steroid dienone is 1. The number of hydrogen-bond donors (Lipinski definition) is 4. The normalized spacial score (nSPS) is 28.3. The first kappa shape index (κ1) is 15.7. The molecule has 8 heteroatoms. The van der Waals surface area contributed by atoms with Crippen molar-refractivity contribution in [3.63, 3.8) is 0 Å². The highest BCUT2D eigenvalue weighted by Gasteiger charge is 2.50. The molecule has 0 bridgehead atoms. The molecule has 0 spiro atoms. The average molecular weight is 276 g/mol. The molecule has 0 aromatic heterocycles. The molecule has 1 aliphatic rings. The molecule has 2 amide bonds. The van der Waals surface area contributed by atoms with Crippen molar-refractivity contribution in [1.82, 2.24) is 10.2 Å². The highest BCUT2D eigenvalue weighted by Crippen LogP contribution is 2.26. The molecule has 1 aliphatic heterocycles. The summed E-state index contributed by atoms with van der Waals surface area (Å²) >= 11 is 0. The summed E-state index contributed by atoms with van der Waals surface area (Å²) in [5, 5.41) is 30.5. The Balaban J connectivity index is 2.91. The number of carbonyl (C=O) groups is 1. The van der Waals surface area contributed by atoms with Crippen LogP contribution in [-0.2, 0) is 9.47 Å². The van der Waals surface area contributed by atoms with E-state index in [9.17, 15) is 20.1 Å². The Kier molecular flexibility index (Phi) is 5.12. The quantitative estimate of drug-likeness (QED) is 0.376. The van der Waals surface area contributed by atoms with Crippen molar-refractivity contribution in [2.45, 2.75) is 45.2 Å². The molecule has 4 N–H and O–H groups in total. The molecule has 0 aromatic rings. The maximum Gasteiger partial charge on any atom is 0.326 e. The van der Waals surface area contributed by atoms with Gasteiger partial charge < -0.3 is 30.1 Å². The Hall–Kier alpha value is -1.35. The number of urea groups is 1. The topological polar surface area (TPSA) is 111 Å². The van der Waals surface area contributed by atoms with E-state index in [1.807, 2.05) is 0 Å². The summed E-state index contributed by atoms with van der Waals surface area (Å²) in [7, 11) is 0. The predicted molar refractivity (Wildman–Crippen MR) is 64.3 cm³/mol. The van der Waals surface area contributed by atoms with E-state index in [1.165, 1.54) is 20.1 Å². The zero-order chi connectivity index (χ0) is 14.6. The molecule has 1 rings (SSSR count). The highest BCUT2D eigenvalue weighted by molar-refractivity contribution is 5.77.